The summed E-state index contributed by atoms with van der Waals surface area (Å²) in [5.41, 5.74) is 4.00. The van der Waals surface area contributed by atoms with Crippen molar-refractivity contribution >= 4 is 17.7 Å². The molecule has 0 spiro atoms. The average molecular weight is 442 g/mol. The lowest BCUT2D eigenvalue weighted by molar-refractivity contribution is -0.384. The standard InChI is InChI=1S/C25H18N2O6/c28-24(29)18-12-11-17(27(31)32)14-16(18)6-5-13-26-25(30)33-15-23-21-9-3-1-7-19(21)20-8-2-4-10-22(20)23/h1-4,7-12,14,23H,13,15H2,(H,26,30)(H,28,29). The molecule has 0 fully saturated rings. The van der Waals surface area contributed by atoms with Gasteiger partial charge in [-0.15, -0.1) is 0 Å². The van der Waals surface area contributed by atoms with Gasteiger partial charge in [-0.2, -0.15) is 0 Å². The van der Waals surface area contributed by atoms with Gasteiger partial charge >= 0.3 is 12.1 Å². The molecule has 8 nitrogen and oxygen atoms in total. The van der Waals surface area contributed by atoms with E-state index in [9.17, 15) is 24.8 Å². The second-order valence-corrected chi connectivity index (χ2v) is 7.27. The van der Waals surface area contributed by atoms with Crippen LogP contribution in [0.5, 0.6) is 0 Å². The molecule has 0 heterocycles. The number of benzene rings is 3. The Labute approximate surface area is 189 Å². The summed E-state index contributed by atoms with van der Waals surface area (Å²) < 4.78 is 5.40. The number of carboxylic acids is 1. The molecule has 0 radical (unpaired) electrons. The highest BCUT2D eigenvalue weighted by atomic mass is 16.6. The van der Waals surface area contributed by atoms with Crippen molar-refractivity contribution in [2.45, 2.75) is 5.92 Å². The third-order valence-corrected chi connectivity index (χ3v) is 5.33. The Kier molecular flexibility index (Phi) is 6.04. The van der Waals surface area contributed by atoms with E-state index >= 15 is 0 Å². The van der Waals surface area contributed by atoms with E-state index in [1.165, 1.54) is 0 Å². The van der Waals surface area contributed by atoms with Crippen molar-refractivity contribution in [3.05, 3.63) is 99.1 Å². The van der Waals surface area contributed by atoms with Crippen LogP contribution in [0.4, 0.5) is 10.5 Å². The van der Waals surface area contributed by atoms with E-state index in [2.05, 4.69) is 17.2 Å². The van der Waals surface area contributed by atoms with Gasteiger partial charge in [-0.25, -0.2) is 9.59 Å². The highest BCUT2D eigenvalue weighted by Crippen LogP contribution is 2.44. The van der Waals surface area contributed by atoms with Crippen molar-refractivity contribution in [2.75, 3.05) is 13.2 Å². The lowest BCUT2D eigenvalue weighted by atomic mass is 9.98. The van der Waals surface area contributed by atoms with Crippen molar-refractivity contribution in [3.8, 4) is 23.0 Å². The number of rotatable bonds is 5. The highest BCUT2D eigenvalue weighted by Gasteiger charge is 2.28. The second kappa shape index (κ2) is 9.24. The summed E-state index contributed by atoms with van der Waals surface area (Å²) in [7, 11) is 0. The van der Waals surface area contributed by atoms with Gasteiger partial charge in [0.2, 0.25) is 0 Å². The summed E-state index contributed by atoms with van der Waals surface area (Å²) >= 11 is 0. The number of aromatic carboxylic acids is 1. The molecule has 3 aromatic carbocycles. The van der Waals surface area contributed by atoms with Gasteiger partial charge in [0.15, 0.2) is 0 Å². The Hall–Kier alpha value is -4.64. The number of carboxylic acid groups (broad SMARTS) is 1. The summed E-state index contributed by atoms with van der Waals surface area (Å²) in [6.07, 6.45) is -0.663. The molecule has 1 amide bonds. The predicted molar refractivity (Wildman–Crippen MR) is 120 cm³/mol. The minimum atomic E-state index is -1.25. The summed E-state index contributed by atoms with van der Waals surface area (Å²) in [6.45, 7) is 0.0414. The van der Waals surface area contributed by atoms with E-state index in [1.54, 1.807) is 0 Å². The van der Waals surface area contributed by atoms with Crippen LogP contribution in [0.2, 0.25) is 0 Å². The van der Waals surface area contributed by atoms with Crippen LogP contribution < -0.4 is 5.32 Å². The zero-order chi connectivity index (χ0) is 23.4. The zero-order valence-electron chi connectivity index (χ0n) is 17.3. The topological polar surface area (TPSA) is 119 Å². The number of nitrogens with zero attached hydrogens (tertiary/aromatic N) is 1. The quantitative estimate of drug-likeness (QED) is 0.348. The molecule has 33 heavy (non-hydrogen) atoms. The van der Waals surface area contributed by atoms with Crippen molar-refractivity contribution < 1.29 is 24.4 Å². The van der Waals surface area contributed by atoms with Crippen LogP contribution in [0, 0.1) is 22.0 Å². The third kappa shape index (κ3) is 4.52. The Morgan fingerprint density at radius 1 is 1.03 bits per heavy atom. The Bertz CT molecular complexity index is 1280. The van der Waals surface area contributed by atoms with Gasteiger partial charge in [0.1, 0.15) is 6.61 Å². The number of nitro groups is 1. The molecule has 8 heteroatoms. The molecular formula is C25H18N2O6. The molecule has 0 aliphatic heterocycles. The average Bonchev–Trinajstić information content (AvgIpc) is 3.14. The summed E-state index contributed by atoms with van der Waals surface area (Å²) in [4.78, 5) is 33.8. The molecule has 0 aromatic heterocycles. The van der Waals surface area contributed by atoms with Gasteiger partial charge in [0.05, 0.1) is 17.0 Å². The molecule has 1 aliphatic rings. The molecule has 164 valence electrons. The lowest BCUT2D eigenvalue weighted by Crippen LogP contribution is -2.26. The molecule has 0 bridgehead atoms. The number of hydrogen-bond donors (Lipinski definition) is 2. The van der Waals surface area contributed by atoms with Crippen molar-refractivity contribution in [3.63, 3.8) is 0 Å². The highest BCUT2D eigenvalue weighted by molar-refractivity contribution is 5.91. The van der Waals surface area contributed by atoms with Gasteiger partial charge in [0, 0.05) is 23.6 Å². The number of alkyl carbamates (subject to hydrolysis) is 1. The molecule has 0 atom stereocenters. The lowest BCUT2D eigenvalue weighted by Gasteiger charge is -2.14. The number of nitrogens with one attached hydrogen (secondary N) is 1. The first-order chi connectivity index (χ1) is 16.0. The first kappa shape index (κ1) is 21.6. The molecule has 4 rings (SSSR count). The number of non-ortho nitro benzene ring substituents is 1. The first-order valence-corrected chi connectivity index (χ1v) is 10.0. The van der Waals surface area contributed by atoms with Crippen LogP contribution in [-0.2, 0) is 4.74 Å². The number of amides is 1. The summed E-state index contributed by atoms with van der Waals surface area (Å²) in [6, 6.07) is 19.3. The van der Waals surface area contributed by atoms with Gasteiger partial charge in [0.25, 0.3) is 5.69 Å². The number of carbonyl (C=O) groups is 2. The minimum absolute atomic E-state index is 0.00830. The fourth-order valence-electron chi connectivity index (χ4n) is 3.84. The fourth-order valence-corrected chi connectivity index (χ4v) is 3.84. The molecular weight excluding hydrogens is 424 g/mol. The SMILES string of the molecule is O=C(NCC#Cc1cc([N+](=O)[O-])ccc1C(=O)O)OCC1c2ccccc2-c2ccccc21. The van der Waals surface area contributed by atoms with E-state index in [4.69, 9.17) is 4.74 Å². The Morgan fingerprint density at radius 3 is 2.27 bits per heavy atom. The van der Waals surface area contributed by atoms with E-state index in [1.807, 2.05) is 48.5 Å². The second-order valence-electron chi connectivity index (χ2n) is 7.27. The first-order valence-electron chi connectivity index (χ1n) is 10.0. The van der Waals surface area contributed by atoms with Crippen molar-refractivity contribution in [2.24, 2.45) is 0 Å². The smallest absolute Gasteiger partial charge is 0.407 e. The molecule has 3 aromatic rings. The van der Waals surface area contributed by atoms with Crippen LogP contribution in [0.25, 0.3) is 11.1 Å². The number of hydrogen-bond acceptors (Lipinski definition) is 5. The van der Waals surface area contributed by atoms with E-state index in [0.717, 1.165) is 40.5 Å². The molecule has 0 unspecified atom stereocenters. The van der Waals surface area contributed by atoms with Crippen LogP contribution in [0.15, 0.2) is 66.7 Å². The fraction of sp³-hybridized carbons (Fsp3) is 0.120. The van der Waals surface area contributed by atoms with E-state index in [0.29, 0.717) is 0 Å². The molecule has 2 N–H and O–H groups in total. The van der Waals surface area contributed by atoms with Gasteiger partial charge in [-0.05, 0) is 28.3 Å². The maximum Gasteiger partial charge on any atom is 0.407 e. The van der Waals surface area contributed by atoms with Gasteiger partial charge in [-0.3, -0.25) is 10.1 Å². The minimum Gasteiger partial charge on any atom is -0.478 e. The van der Waals surface area contributed by atoms with Crippen LogP contribution >= 0.6 is 0 Å². The van der Waals surface area contributed by atoms with Gasteiger partial charge < -0.3 is 15.2 Å². The molecule has 0 saturated heterocycles. The van der Waals surface area contributed by atoms with Crippen LogP contribution in [-0.4, -0.2) is 35.2 Å². The summed E-state index contributed by atoms with van der Waals surface area (Å²) in [5, 5.41) is 22.6. The maximum absolute atomic E-state index is 12.2. The van der Waals surface area contributed by atoms with Crippen molar-refractivity contribution in [1.29, 1.82) is 0 Å². The third-order valence-electron chi connectivity index (χ3n) is 5.33. The van der Waals surface area contributed by atoms with Crippen molar-refractivity contribution in [1.82, 2.24) is 5.32 Å². The largest absolute Gasteiger partial charge is 0.478 e. The number of nitro benzene ring substituents is 1. The Morgan fingerprint density at radius 2 is 1.67 bits per heavy atom. The van der Waals surface area contributed by atoms with E-state index < -0.39 is 17.0 Å². The van der Waals surface area contributed by atoms with Crippen LogP contribution in [0.3, 0.4) is 0 Å². The zero-order valence-corrected chi connectivity index (χ0v) is 17.3. The number of carbonyl (C=O) groups excluding carboxylic acids is 1. The summed E-state index contributed by atoms with van der Waals surface area (Å²) in [5.74, 6) is 3.85. The molecule has 1 aliphatic carbocycles. The van der Waals surface area contributed by atoms with E-state index in [-0.39, 0.29) is 35.9 Å². The normalized spacial score (nSPS) is 11.5. The van der Waals surface area contributed by atoms with Crippen LogP contribution in [0.1, 0.15) is 33.0 Å². The maximum atomic E-state index is 12.2. The predicted octanol–water partition coefficient (Wildman–Crippen LogP) is 4.18. The number of fused-ring (bicyclic) bond motifs is 3. The molecule has 0 saturated carbocycles. The van der Waals surface area contributed by atoms with Gasteiger partial charge in [-0.1, -0.05) is 60.4 Å². The number of ether oxygens (including phenoxy) is 1. The Balaban J connectivity index is 1.39. The monoisotopic (exact) mass is 442 g/mol.